The lowest BCUT2D eigenvalue weighted by atomic mass is 9.63. The van der Waals surface area contributed by atoms with Crippen LogP contribution in [-0.4, -0.2) is 12.1 Å². The molecule has 0 saturated heterocycles. The summed E-state index contributed by atoms with van der Waals surface area (Å²) in [6.45, 7) is 12.5. The first-order chi connectivity index (χ1) is 8.25. The van der Waals surface area contributed by atoms with E-state index in [0.717, 1.165) is 6.42 Å². The van der Waals surface area contributed by atoms with Gasteiger partial charge in [0, 0.05) is 12.8 Å². The summed E-state index contributed by atoms with van der Waals surface area (Å²) in [6.07, 6.45) is 7.55. The standard InChI is InChI=1S/C16H26O2/c1-11-7-8-12(2)16(5,6)15(11)10-9-13(3)18-14(4)17/h7,9-10,12-13,15H,8H2,1-6H3/b10-9+/t12-,13-,15-/m1/s1. The lowest BCUT2D eigenvalue weighted by molar-refractivity contribution is -0.143. The van der Waals surface area contributed by atoms with Crippen LogP contribution in [0, 0.1) is 17.3 Å². The summed E-state index contributed by atoms with van der Waals surface area (Å²) in [5.41, 5.74) is 1.68. The first-order valence-electron chi connectivity index (χ1n) is 6.77. The first-order valence-corrected chi connectivity index (χ1v) is 6.77. The largest absolute Gasteiger partial charge is 0.459 e. The highest BCUT2D eigenvalue weighted by atomic mass is 16.5. The van der Waals surface area contributed by atoms with Gasteiger partial charge in [-0.15, -0.1) is 0 Å². The summed E-state index contributed by atoms with van der Waals surface area (Å²) >= 11 is 0. The van der Waals surface area contributed by atoms with Gasteiger partial charge < -0.3 is 4.74 Å². The van der Waals surface area contributed by atoms with Crippen LogP contribution in [0.3, 0.4) is 0 Å². The molecule has 0 aromatic carbocycles. The molecule has 0 saturated carbocycles. The average molecular weight is 250 g/mol. The van der Waals surface area contributed by atoms with E-state index in [1.54, 1.807) is 0 Å². The fraction of sp³-hybridized carbons (Fsp3) is 0.688. The SMILES string of the molecule is CC(=O)O[C@H](C)/C=C/[C@@H]1C(C)=CC[C@@H](C)C1(C)C. The van der Waals surface area contributed by atoms with E-state index in [2.05, 4.69) is 39.8 Å². The van der Waals surface area contributed by atoms with Crippen molar-refractivity contribution in [3.8, 4) is 0 Å². The van der Waals surface area contributed by atoms with E-state index in [4.69, 9.17) is 4.74 Å². The number of ether oxygens (including phenoxy) is 1. The van der Waals surface area contributed by atoms with Crippen LogP contribution in [0.2, 0.25) is 0 Å². The molecule has 0 unspecified atom stereocenters. The highest BCUT2D eigenvalue weighted by Gasteiger charge is 2.36. The van der Waals surface area contributed by atoms with Crippen molar-refractivity contribution in [1.82, 2.24) is 0 Å². The van der Waals surface area contributed by atoms with Crippen molar-refractivity contribution in [2.24, 2.45) is 17.3 Å². The average Bonchev–Trinajstić information content (AvgIpc) is 2.22. The molecule has 0 fully saturated rings. The maximum Gasteiger partial charge on any atom is 0.303 e. The molecule has 18 heavy (non-hydrogen) atoms. The van der Waals surface area contributed by atoms with Gasteiger partial charge in [-0.2, -0.15) is 0 Å². The zero-order chi connectivity index (χ0) is 13.9. The number of rotatable bonds is 3. The zero-order valence-corrected chi connectivity index (χ0v) is 12.5. The molecule has 102 valence electrons. The minimum Gasteiger partial charge on any atom is -0.459 e. The van der Waals surface area contributed by atoms with Crippen LogP contribution in [0.5, 0.6) is 0 Å². The predicted octanol–water partition coefficient (Wildman–Crippen LogP) is 4.12. The van der Waals surface area contributed by atoms with E-state index < -0.39 is 0 Å². The molecule has 0 heterocycles. The summed E-state index contributed by atoms with van der Waals surface area (Å²) < 4.78 is 5.13. The van der Waals surface area contributed by atoms with E-state index in [0.29, 0.717) is 11.8 Å². The summed E-state index contributed by atoms with van der Waals surface area (Å²) in [6, 6.07) is 0. The normalized spacial score (nSPS) is 28.9. The highest BCUT2D eigenvalue weighted by molar-refractivity contribution is 5.66. The third-order valence-electron chi connectivity index (χ3n) is 4.28. The fourth-order valence-electron chi connectivity index (χ4n) is 2.66. The van der Waals surface area contributed by atoms with Crippen LogP contribution in [-0.2, 0) is 9.53 Å². The number of hydrogen-bond acceptors (Lipinski definition) is 2. The second-order valence-electron chi connectivity index (χ2n) is 6.08. The summed E-state index contributed by atoms with van der Waals surface area (Å²) in [5, 5.41) is 0. The number of allylic oxidation sites excluding steroid dienone is 3. The van der Waals surface area contributed by atoms with E-state index in [1.165, 1.54) is 12.5 Å². The van der Waals surface area contributed by atoms with Crippen molar-refractivity contribution in [3.05, 3.63) is 23.8 Å². The smallest absolute Gasteiger partial charge is 0.303 e. The van der Waals surface area contributed by atoms with Crippen molar-refractivity contribution in [2.75, 3.05) is 0 Å². The molecular formula is C16H26O2. The molecule has 0 aromatic heterocycles. The molecule has 0 amide bonds. The molecule has 0 spiro atoms. The van der Waals surface area contributed by atoms with Crippen LogP contribution >= 0.6 is 0 Å². The molecule has 0 bridgehead atoms. The van der Waals surface area contributed by atoms with E-state index in [1.807, 2.05) is 13.0 Å². The Morgan fingerprint density at radius 2 is 2.17 bits per heavy atom. The third kappa shape index (κ3) is 3.47. The Morgan fingerprint density at radius 1 is 1.56 bits per heavy atom. The number of carbonyl (C=O) groups excluding carboxylic acids is 1. The van der Waals surface area contributed by atoms with Crippen LogP contribution in [0.4, 0.5) is 0 Å². The molecule has 1 aliphatic carbocycles. The fourth-order valence-corrected chi connectivity index (χ4v) is 2.66. The zero-order valence-electron chi connectivity index (χ0n) is 12.5. The van der Waals surface area contributed by atoms with Gasteiger partial charge in [0.2, 0.25) is 0 Å². The second kappa shape index (κ2) is 5.73. The van der Waals surface area contributed by atoms with Crippen LogP contribution in [0.25, 0.3) is 0 Å². The molecular weight excluding hydrogens is 224 g/mol. The second-order valence-corrected chi connectivity index (χ2v) is 6.08. The molecule has 0 aromatic rings. The molecule has 1 aliphatic rings. The molecule has 0 aliphatic heterocycles. The van der Waals surface area contributed by atoms with E-state index in [-0.39, 0.29) is 17.5 Å². The van der Waals surface area contributed by atoms with Gasteiger partial charge in [-0.1, -0.05) is 38.5 Å². The van der Waals surface area contributed by atoms with Crippen LogP contribution in [0.1, 0.15) is 48.0 Å². The maximum absolute atomic E-state index is 10.9. The summed E-state index contributed by atoms with van der Waals surface area (Å²) in [4.78, 5) is 10.9. The van der Waals surface area contributed by atoms with Gasteiger partial charge in [0.1, 0.15) is 6.10 Å². The molecule has 2 nitrogen and oxygen atoms in total. The van der Waals surface area contributed by atoms with Crippen LogP contribution in [0.15, 0.2) is 23.8 Å². The first kappa shape index (κ1) is 15.0. The number of esters is 1. The van der Waals surface area contributed by atoms with Crippen LogP contribution < -0.4 is 0 Å². The topological polar surface area (TPSA) is 26.3 Å². The Bertz CT molecular complexity index is 363. The van der Waals surface area contributed by atoms with Gasteiger partial charge in [-0.3, -0.25) is 4.79 Å². The Kier molecular flexibility index (Phi) is 4.78. The van der Waals surface area contributed by atoms with Crippen molar-refractivity contribution >= 4 is 5.97 Å². The van der Waals surface area contributed by atoms with Gasteiger partial charge in [-0.25, -0.2) is 0 Å². The summed E-state index contributed by atoms with van der Waals surface area (Å²) in [5.74, 6) is 0.870. The summed E-state index contributed by atoms with van der Waals surface area (Å²) in [7, 11) is 0. The van der Waals surface area contributed by atoms with Crippen molar-refractivity contribution in [3.63, 3.8) is 0 Å². The minimum absolute atomic E-state index is 0.150. The Morgan fingerprint density at radius 3 is 2.72 bits per heavy atom. The van der Waals surface area contributed by atoms with E-state index in [9.17, 15) is 4.79 Å². The van der Waals surface area contributed by atoms with Crippen molar-refractivity contribution < 1.29 is 9.53 Å². The lowest BCUT2D eigenvalue weighted by Gasteiger charge is -2.42. The minimum atomic E-state index is -0.226. The highest BCUT2D eigenvalue weighted by Crippen LogP contribution is 2.45. The Labute approximate surface area is 111 Å². The quantitative estimate of drug-likeness (QED) is 0.556. The molecule has 0 N–H and O–H groups in total. The Balaban J connectivity index is 2.80. The van der Waals surface area contributed by atoms with Gasteiger partial charge in [0.15, 0.2) is 0 Å². The van der Waals surface area contributed by atoms with Gasteiger partial charge >= 0.3 is 5.97 Å². The number of hydrogen-bond donors (Lipinski definition) is 0. The molecule has 0 radical (unpaired) electrons. The van der Waals surface area contributed by atoms with Crippen molar-refractivity contribution in [2.45, 2.75) is 54.1 Å². The molecule has 1 rings (SSSR count). The number of carbonyl (C=O) groups is 1. The third-order valence-corrected chi connectivity index (χ3v) is 4.28. The predicted molar refractivity (Wildman–Crippen MR) is 75.2 cm³/mol. The molecule has 2 heteroatoms. The monoisotopic (exact) mass is 250 g/mol. The van der Waals surface area contributed by atoms with E-state index >= 15 is 0 Å². The maximum atomic E-state index is 10.9. The van der Waals surface area contributed by atoms with Gasteiger partial charge in [0.25, 0.3) is 0 Å². The lowest BCUT2D eigenvalue weighted by Crippen LogP contribution is -2.33. The molecule has 3 atom stereocenters. The Hall–Kier alpha value is -1.05. The van der Waals surface area contributed by atoms with Gasteiger partial charge in [0.05, 0.1) is 0 Å². The van der Waals surface area contributed by atoms with Crippen molar-refractivity contribution in [1.29, 1.82) is 0 Å². The van der Waals surface area contributed by atoms with Gasteiger partial charge in [-0.05, 0) is 37.7 Å².